The van der Waals surface area contributed by atoms with Crippen molar-refractivity contribution in [2.45, 2.75) is 0 Å². The Morgan fingerprint density at radius 3 is 1.38 bits per heavy atom. The van der Waals surface area contributed by atoms with Crippen LogP contribution in [0, 0.1) is 0 Å². The number of rotatable bonds is 2. The Kier molecular flexibility index (Phi) is 2.82. The van der Waals surface area contributed by atoms with Crippen LogP contribution in [-0.4, -0.2) is 0 Å². The van der Waals surface area contributed by atoms with Crippen molar-refractivity contribution in [1.29, 1.82) is 0 Å². The van der Waals surface area contributed by atoms with E-state index >= 15 is 0 Å². The molecule has 0 saturated carbocycles. The van der Waals surface area contributed by atoms with E-state index in [-0.39, 0.29) is 0 Å². The zero-order valence-corrected chi connectivity index (χ0v) is 11.6. The minimum atomic E-state index is 1.14. The molecule has 0 aromatic heterocycles. The summed E-state index contributed by atoms with van der Waals surface area (Å²) in [5.74, 6) is 0. The molecule has 0 unspecified atom stereocenters. The van der Waals surface area contributed by atoms with Crippen LogP contribution in [0.5, 0.6) is 0 Å². The molecule has 0 aliphatic heterocycles. The quantitative estimate of drug-likeness (QED) is 0.489. The van der Waals surface area contributed by atoms with Crippen LogP contribution < -0.4 is 5.32 Å². The number of anilines is 2. The Hall–Kier alpha value is -2.80. The summed E-state index contributed by atoms with van der Waals surface area (Å²) >= 11 is 0. The molecular weight excluding hydrogens is 254 g/mol. The molecule has 1 nitrogen and oxygen atoms in total. The summed E-state index contributed by atoms with van der Waals surface area (Å²) in [4.78, 5) is 0. The van der Waals surface area contributed by atoms with Crippen molar-refractivity contribution >= 4 is 32.9 Å². The van der Waals surface area contributed by atoms with Crippen molar-refractivity contribution < 1.29 is 0 Å². The van der Waals surface area contributed by atoms with Gasteiger partial charge in [-0.05, 0) is 22.9 Å². The summed E-state index contributed by atoms with van der Waals surface area (Å²) in [6.07, 6.45) is 0. The van der Waals surface area contributed by atoms with Crippen LogP contribution in [0.15, 0.2) is 84.9 Å². The van der Waals surface area contributed by atoms with Crippen molar-refractivity contribution in [2.75, 3.05) is 5.32 Å². The summed E-state index contributed by atoms with van der Waals surface area (Å²) in [6, 6.07) is 29.6. The molecule has 0 bridgehead atoms. The normalized spacial score (nSPS) is 10.9. The lowest BCUT2D eigenvalue weighted by molar-refractivity contribution is 1.61. The fraction of sp³-hybridized carbons (Fsp3) is 0. The Balaban J connectivity index is 1.87. The Labute approximate surface area is 123 Å². The van der Waals surface area contributed by atoms with Crippen LogP contribution >= 0.6 is 0 Å². The van der Waals surface area contributed by atoms with Gasteiger partial charge in [0.25, 0.3) is 0 Å². The molecule has 4 aromatic rings. The smallest absolute Gasteiger partial charge is 0.0464 e. The minimum absolute atomic E-state index is 1.14. The third-order valence-electron chi connectivity index (χ3n) is 3.85. The van der Waals surface area contributed by atoms with Crippen molar-refractivity contribution in [3.63, 3.8) is 0 Å². The predicted octanol–water partition coefficient (Wildman–Crippen LogP) is 5.74. The summed E-state index contributed by atoms with van der Waals surface area (Å²) in [5, 5.41) is 8.58. The zero-order valence-electron chi connectivity index (χ0n) is 11.6. The van der Waals surface area contributed by atoms with E-state index < -0.39 is 0 Å². The highest BCUT2D eigenvalue weighted by molar-refractivity contribution is 6.00. The van der Waals surface area contributed by atoms with Gasteiger partial charge in [-0.25, -0.2) is 0 Å². The van der Waals surface area contributed by atoms with E-state index in [1.54, 1.807) is 0 Å². The maximum Gasteiger partial charge on any atom is 0.0464 e. The van der Waals surface area contributed by atoms with Crippen LogP contribution in [0.4, 0.5) is 11.4 Å². The first-order chi connectivity index (χ1) is 10.4. The van der Waals surface area contributed by atoms with Crippen LogP contribution in [0.2, 0.25) is 0 Å². The van der Waals surface area contributed by atoms with E-state index in [0.717, 1.165) is 11.4 Å². The average molecular weight is 269 g/mol. The Bertz CT molecular complexity index is 837. The van der Waals surface area contributed by atoms with Gasteiger partial charge in [0.15, 0.2) is 0 Å². The van der Waals surface area contributed by atoms with E-state index in [1.807, 2.05) is 0 Å². The molecule has 1 N–H and O–H groups in total. The Morgan fingerprint density at radius 1 is 0.429 bits per heavy atom. The second-order valence-corrected chi connectivity index (χ2v) is 5.18. The largest absolute Gasteiger partial charge is 0.355 e. The van der Waals surface area contributed by atoms with Crippen LogP contribution in [0.1, 0.15) is 0 Å². The maximum absolute atomic E-state index is 3.59. The average Bonchev–Trinajstić information content (AvgIpc) is 2.56. The predicted molar refractivity (Wildman–Crippen MR) is 91.2 cm³/mol. The molecule has 0 saturated heterocycles. The van der Waals surface area contributed by atoms with Crippen molar-refractivity contribution in [3.8, 4) is 0 Å². The molecular formula is C20H15N. The molecule has 1 heteroatoms. The molecule has 0 amide bonds. The van der Waals surface area contributed by atoms with Gasteiger partial charge in [-0.2, -0.15) is 0 Å². The zero-order chi connectivity index (χ0) is 14.1. The van der Waals surface area contributed by atoms with Gasteiger partial charge in [0.2, 0.25) is 0 Å². The van der Waals surface area contributed by atoms with Gasteiger partial charge in [0.05, 0.1) is 0 Å². The summed E-state index contributed by atoms with van der Waals surface area (Å²) in [5.41, 5.74) is 2.29. The molecule has 4 aromatic carbocycles. The second kappa shape index (κ2) is 4.95. The monoisotopic (exact) mass is 269 g/mol. The highest BCUT2D eigenvalue weighted by atomic mass is 14.9. The fourth-order valence-electron chi connectivity index (χ4n) is 2.81. The van der Waals surface area contributed by atoms with E-state index in [9.17, 15) is 0 Å². The van der Waals surface area contributed by atoms with E-state index in [4.69, 9.17) is 0 Å². The van der Waals surface area contributed by atoms with E-state index in [0.29, 0.717) is 0 Å². The van der Waals surface area contributed by atoms with E-state index in [1.165, 1.54) is 21.5 Å². The Morgan fingerprint density at radius 2 is 0.857 bits per heavy atom. The third-order valence-corrected chi connectivity index (χ3v) is 3.85. The molecule has 21 heavy (non-hydrogen) atoms. The maximum atomic E-state index is 3.59. The van der Waals surface area contributed by atoms with Gasteiger partial charge in [0, 0.05) is 22.1 Å². The lowest BCUT2D eigenvalue weighted by Crippen LogP contribution is -1.92. The first kappa shape index (κ1) is 12.0. The van der Waals surface area contributed by atoms with Crippen molar-refractivity contribution in [1.82, 2.24) is 0 Å². The molecule has 0 radical (unpaired) electrons. The molecule has 0 atom stereocenters. The number of hydrogen-bond acceptors (Lipinski definition) is 1. The number of fused-ring (bicyclic) bond motifs is 2. The summed E-state index contributed by atoms with van der Waals surface area (Å²) in [7, 11) is 0. The molecule has 0 aliphatic carbocycles. The van der Waals surface area contributed by atoms with Crippen LogP contribution in [-0.2, 0) is 0 Å². The second-order valence-electron chi connectivity index (χ2n) is 5.18. The SMILES string of the molecule is c1ccc2c(Nc3cccc4ccccc34)cccc2c1. The first-order valence-corrected chi connectivity index (χ1v) is 7.14. The molecule has 100 valence electrons. The molecule has 0 fully saturated rings. The number of nitrogens with one attached hydrogen (secondary N) is 1. The number of benzene rings is 4. The van der Waals surface area contributed by atoms with Gasteiger partial charge in [-0.15, -0.1) is 0 Å². The molecule has 0 heterocycles. The minimum Gasteiger partial charge on any atom is -0.355 e. The van der Waals surface area contributed by atoms with Crippen LogP contribution in [0.3, 0.4) is 0 Å². The van der Waals surface area contributed by atoms with E-state index in [2.05, 4.69) is 90.2 Å². The summed E-state index contributed by atoms with van der Waals surface area (Å²) < 4.78 is 0. The topological polar surface area (TPSA) is 12.0 Å². The molecule has 0 aliphatic rings. The number of hydrogen-bond donors (Lipinski definition) is 1. The lowest BCUT2D eigenvalue weighted by Gasteiger charge is -2.12. The fourth-order valence-corrected chi connectivity index (χ4v) is 2.81. The van der Waals surface area contributed by atoms with Gasteiger partial charge < -0.3 is 5.32 Å². The van der Waals surface area contributed by atoms with Crippen molar-refractivity contribution in [2.24, 2.45) is 0 Å². The van der Waals surface area contributed by atoms with Gasteiger partial charge in [-0.3, -0.25) is 0 Å². The molecule has 0 spiro atoms. The third kappa shape index (κ3) is 2.13. The highest BCUT2D eigenvalue weighted by Crippen LogP contribution is 2.30. The lowest BCUT2D eigenvalue weighted by atomic mass is 10.1. The van der Waals surface area contributed by atoms with Crippen LogP contribution in [0.25, 0.3) is 21.5 Å². The van der Waals surface area contributed by atoms with Gasteiger partial charge in [0.1, 0.15) is 0 Å². The van der Waals surface area contributed by atoms with Gasteiger partial charge in [-0.1, -0.05) is 72.8 Å². The summed E-state index contributed by atoms with van der Waals surface area (Å²) in [6.45, 7) is 0. The van der Waals surface area contributed by atoms with Gasteiger partial charge >= 0.3 is 0 Å². The molecule has 4 rings (SSSR count). The van der Waals surface area contributed by atoms with Crippen molar-refractivity contribution in [3.05, 3.63) is 84.9 Å². The standard InChI is InChI=1S/C20H15N/c1-3-11-17-15(7-1)9-5-13-19(17)21-20-14-6-10-16-8-2-4-12-18(16)20/h1-14,21H. The first-order valence-electron chi connectivity index (χ1n) is 7.14. The highest BCUT2D eigenvalue weighted by Gasteiger charge is 2.03.